The van der Waals surface area contributed by atoms with Crippen LogP contribution < -0.4 is 19.1 Å². The summed E-state index contributed by atoms with van der Waals surface area (Å²) in [6.45, 7) is 2.84. The summed E-state index contributed by atoms with van der Waals surface area (Å²) in [6.07, 6.45) is 0. The van der Waals surface area contributed by atoms with Crippen molar-refractivity contribution in [3.05, 3.63) is 76.6 Å². The fourth-order valence-corrected chi connectivity index (χ4v) is 5.19. The van der Waals surface area contributed by atoms with Crippen molar-refractivity contribution in [1.29, 1.82) is 0 Å². The van der Waals surface area contributed by atoms with Gasteiger partial charge in [-0.25, -0.2) is 12.8 Å². The number of aryl methyl sites for hydroxylation is 2. The summed E-state index contributed by atoms with van der Waals surface area (Å²) in [4.78, 5) is 12.8. The first kappa shape index (κ1) is 25.3. The predicted octanol–water partition coefficient (Wildman–Crippen LogP) is 4.95. The number of carbonyl (C=O) groups excluding carboxylic acids is 1. The van der Waals surface area contributed by atoms with E-state index in [2.05, 4.69) is 5.32 Å². The molecule has 3 aromatic rings. The smallest absolute Gasteiger partial charge is 0.268 e. The van der Waals surface area contributed by atoms with E-state index in [-0.39, 0.29) is 27.0 Å². The van der Waals surface area contributed by atoms with Crippen molar-refractivity contribution in [3.8, 4) is 11.5 Å². The van der Waals surface area contributed by atoms with Crippen LogP contribution in [0.1, 0.15) is 11.1 Å². The van der Waals surface area contributed by atoms with Crippen molar-refractivity contribution in [2.24, 2.45) is 0 Å². The molecule has 0 spiro atoms. The summed E-state index contributed by atoms with van der Waals surface area (Å²) in [6, 6.07) is 13.0. The highest BCUT2D eigenvalue weighted by Crippen LogP contribution is 2.34. The van der Waals surface area contributed by atoms with E-state index in [9.17, 15) is 17.6 Å². The first-order valence-electron chi connectivity index (χ1n) is 10.1. The topological polar surface area (TPSA) is 84.9 Å². The predicted molar refractivity (Wildman–Crippen MR) is 130 cm³/mol. The van der Waals surface area contributed by atoms with Gasteiger partial charge in [-0.3, -0.25) is 9.10 Å². The number of benzene rings is 3. The number of amides is 1. The van der Waals surface area contributed by atoms with Crippen molar-refractivity contribution < 1.29 is 27.1 Å². The molecular formula is C24H24ClFN2O5S. The van der Waals surface area contributed by atoms with E-state index in [1.54, 1.807) is 19.9 Å². The van der Waals surface area contributed by atoms with Gasteiger partial charge < -0.3 is 14.8 Å². The monoisotopic (exact) mass is 506 g/mol. The third-order valence-electron chi connectivity index (χ3n) is 5.07. The zero-order chi connectivity index (χ0) is 25.0. The van der Waals surface area contributed by atoms with E-state index in [0.29, 0.717) is 16.9 Å². The number of rotatable bonds is 8. The quantitative estimate of drug-likeness (QED) is 0.467. The van der Waals surface area contributed by atoms with Gasteiger partial charge in [0.15, 0.2) is 0 Å². The minimum absolute atomic E-state index is 0.114. The Morgan fingerprint density at radius 2 is 1.68 bits per heavy atom. The van der Waals surface area contributed by atoms with E-state index in [1.807, 2.05) is 0 Å². The van der Waals surface area contributed by atoms with E-state index in [4.69, 9.17) is 21.1 Å². The van der Waals surface area contributed by atoms with Crippen LogP contribution in [0.4, 0.5) is 15.8 Å². The van der Waals surface area contributed by atoms with Crippen LogP contribution in [-0.4, -0.2) is 35.1 Å². The van der Waals surface area contributed by atoms with Gasteiger partial charge in [0.1, 0.15) is 28.8 Å². The highest BCUT2D eigenvalue weighted by Gasteiger charge is 2.31. The van der Waals surface area contributed by atoms with Crippen molar-refractivity contribution in [3.63, 3.8) is 0 Å². The van der Waals surface area contributed by atoms with Crippen LogP contribution in [0.3, 0.4) is 0 Å². The van der Waals surface area contributed by atoms with Gasteiger partial charge in [-0.15, -0.1) is 0 Å². The molecule has 0 bridgehead atoms. The van der Waals surface area contributed by atoms with Crippen molar-refractivity contribution in [2.75, 3.05) is 30.4 Å². The van der Waals surface area contributed by atoms with Crippen LogP contribution in [-0.2, 0) is 14.8 Å². The van der Waals surface area contributed by atoms with Gasteiger partial charge in [-0.05, 0) is 67.4 Å². The van der Waals surface area contributed by atoms with Crippen molar-refractivity contribution in [2.45, 2.75) is 18.7 Å². The molecule has 0 heterocycles. The molecule has 1 amide bonds. The van der Waals surface area contributed by atoms with Gasteiger partial charge >= 0.3 is 0 Å². The van der Waals surface area contributed by atoms with E-state index in [0.717, 1.165) is 4.31 Å². The van der Waals surface area contributed by atoms with Gasteiger partial charge in [-0.1, -0.05) is 23.7 Å². The number of hydrogen-bond acceptors (Lipinski definition) is 5. The molecule has 0 aliphatic rings. The maximum atomic E-state index is 13.8. The molecule has 34 heavy (non-hydrogen) atoms. The standard InChI is InChI=1S/C24H24ClFN2O5S/c1-15-5-9-22(33-4)23(11-15)34(30,31)28(18-8-10-21(32-3)19(25)13-18)14-24(29)27-20-12-17(26)7-6-16(20)2/h5-13H,14H2,1-4H3,(H,27,29). The van der Waals surface area contributed by atoms with Gasteiger partial charge in [0.2, 0.25) is 5.91 Å². The van der Waals surface area contributed by atoms with E-state index < -0.39 is 28.3 Å². The second kappa shape index (κ2) is 10.3. The largest absolute Gasteiger partial charge is 0.495 e. The van der Waals surface area contributed by atoms with Gasteiger partial charge in [-0.2, -0.15) is 0 Å². The molecular weight excluding hydrogens is 483 g/mol. The van der Waals surface area contributed by atoms with Crippen LogP contribution in [0, 0.1) is 19.7 Å². The Morgan fingerprint density at radius 3 is 2.32 bits per heavy atom. The van der Waals surface area contributed by atoms with E-state index >= 15 is 0 Å². The fraction of sp³-hybridized carbons (Fsp3) is 0.208. The Balaban J connectivity index is 2.07. The minimum atomic E-state index is -4.29. The van der Waals surface area contributed by atoms with Crippen LogP contribution in [0.25, 0.3) is 0 Å². The number of nitrogens with zero attached hydrogens (tertiary/aromatic N) is 1. The number of nitrogens with one attached hydrogen (secondary N) is 1. The molecule has 0 atom stereocenters. The average molecular weight is 507 g/mol. The number of sulfonamides is 1. The zero-order valence-electron chi connectivity index (χ0n) is 19.1. The SMILES string of the molecule is COc1ccc(N(CC(=O)Nc2cc(F)ccc2C)S(=O)(=O)c2cc(C)ccc2OC)cc1Cl. The molecule has 180 valence electrons. The molecule has 7 nitrogen and oxygen atoms in total. The first-order valence-corrected chi connectivity index (χ1v) is 12.0. The molecule has 3 aromatic carbocycles. The molecule has 0 fully saturated rings. The normalized spacial score (nSPS) is 11.1. The maximum Gasteiger partial charge on any atom is 0.268 e. The lowest BCUT2D eigenvalue weighted by atomic mass is 10.2. The number of halogens is 2. The second-order valence-corrected chi connectivity index (χ2v) is 9.73. The molecule has 3 rings (SSSR count). The number of hydrogen-bond donors (Lipinski definition) is 1. The molecule has 0 aromatic heterocycles. The average Bonchev–Trinajstić information content (AvgIpc) is 2.79. The summed E-state index contributed by atoms with van der Waals surface area (Å²) in [5, 5.41) is 2.74. The number of methoxy groups -OCH3 is 2. The number of ether oxygens (including phenoxy) is 2. The first-order chi connectivity index (χ1) is 16.1. The second-order valence-electron chi connectivity index (χ2n) is 7.49. The van der Waals surface area contributed by atoms with Gasteiger partial charge in [0, 0.05) is 5.69 Å². The Hall–Kier alpha value is -3.30. The third kappa shape index (κ3) is 5.43. The maximum absolute atomic E-state index is 13.8. The summed E-state index contributed by atoms with van der Waals surface area (Å²) >= 11 is 6.24. The summed E-state index contributed by atoms with van der Waals surface area (Å²) in [5.74, 6) is -0.736. The molecule has 0 aliphatic carbocycles. The molecule has 0 aliphatic heterocycles. The van der Waals surface area contributed by atoms with Crippen molar-refractivity contribution in [1.82, 2.24) is 0 Å². The lowest BCUT2D eigenvalue weighted by Crippen LogP contribution is -2.38. The molecule has 10 heteroatoms. The minimum Gasteiger partial charge on any atom is -0.495 e. The highest BCUT2D eigenvalue weighted by molar-refractivity contribution is 7.93. The van der Waals surface area contributed by atoms with Crippen molar-refractivity contribution >= 4 is 38.9 Å². The molecule has 0 radical (unpaired) electrons. The molecule has 0 saturated carbocycles. The van der Waals surface area contributed by atoms with Gasteiger partial charge in [0.25, 0.3) is 10.0 Å². The van der Waals surface area contributed by atoms with Crippen LogP contribution in [0.2, 0.25) is 5.02 Å². The number of anilines is 2. The van der Waals surface area contributed by atoms with E-state index in [1.165, 1.54) is 62.8 Å². The molecule has 1 N–H and O–H groups in total. The molecule has 0 saturated heterocycles. The zero-order valence-corrected chi connectivity index (χ0v) is 20.6. The Labute approximate surface area is 203 Å². The summed E-state index contributed by atoms with van der Waals surface area (Å²) in [7, 11) is -1.50. The summed E-state index contributed by atoms with van der Waals surface area (Å²) in [5.41, 5.74) is 1.69. The lowest BCUT2D eigenvalue weighted by molar-refractivity contribution is -0.114. The fourth-order valence-electron chi connectivity index (χ4n) is 3.28. The van der Waals surface area contributed by atoms with Crippen LogP contribution in [0.15, 0.2) is 59.5 Å². The van der Waals surface area contributed by atoms with Gasteiger partial charge in [0.05, 0.1) is 24.9 Å². The third-order valence-corrected chi connectivity index (χ3v) is 7.16. The Morgan fingerprint density at radius 1 is 1.00 bits per heavy atom. The Kier molecular flexibility index (Phi) is 7.68. The number of carbonyl (C=O) groups is 1. The highest BCUT2D eigenvalue weighted by atomic mass is 35.5. The Bertz CT molecular complexity index is 1330. The van der Waals surface area contributed by atoms with Crippen LogP contribution >= 0.6 is 11.6 Å². The lowest BCUT2D eigenvalue weighted by Gasteiger charge is -2.25. The van der Waals surface area contributed by atoms with Crippen LogP contribution in [0.5, 0.6) is 11.5 Å². The molecule has 0 unspecified atom stereocenters. The summed E-state index contributed by atoms with van der Waals surface area (Å²) < 4.78 is 52.6.